The van der Waals surface area contributed by atoms with E-state index in [1.807, 2.05) is 0 Å². The van der Waals surface area contributed by atoms with Crippen molar-refractivity contribution in [1.29, 1.82) is 0 Å². The van der Waals surface area contributed by atoms with Crippen molar-refractivity contribution < 1.29 is 24.2 Å². The molecule has 2 amide bonds. The van der Waals surface area contributed by atoms with Crippen molar-refractivity contribution in [3.05, 3.63) is 0 Å². The minimum atomic E-state index is -1.24. The van der Waals surface area contributed by atoms with Crippen LogP contribution in [0, 0.1) is 0 Å². The molecule has 0 bridgehead atoms. The second-order valence-corrected chi connectivity index (χ2v) is 4.70. The Labute approximate surface area is 104 Å². The number of carboxylic acids is 1. The number of nitrogens with one attached hydrogen (secondary N) is 1. The minimum Gasteiger partial charge on any atom is -0.477 e. The minimum absolute atomic E-state index is 0.127. The predicted octanol–water partition coefficient (Wildman–Crippen LogP) is -0.208. The molecule has 1 aliphatic heterocycles. The Bertz CT molecular complexity index is 399. The zero-order chi connectivity index (χ0) is 13.9. The summed E-state index contributed by atoms with van der Waals surface area (Å²) in [7, 11) is 0. The van der Waals surface area contributed by atoms with Gasteiger partial charge < -0.3 is 15.2 Å². The molecule has 0 unspecified atom stereocenters. The van der Waals surface area contributed by atoms with Gasteiger partial charge in [0.25, 0.3) is 5.91 Å². The number of aliphatic carboxylic acids is 1. The normalized spacial score (nSPS) is 19.6. The van der Waals surface area contributed by atoms with Crippen LogP contribution in [0.5, 0.6) is 0 Å². The average molecular weight is 257 g/mol. The number of hydrazone groups is 1. The van der Waals surface area contributed by atoms with E-state index in [0.29, 0.717) is 6.21 Å². The number of β-lactam (4-membered cyclic amide) rings is 1. The zero-order valence-electron chi connectivity index (χ0n) is 10.3. The second kappa shape index (κ2) is 5.03. The highest BCUT2D eigenvalue weighted by atomic mass is 16.6. The lowest BCUT2D eigenvalue weighted by atomic mass is 10.1. The highest BCUT2D eigenvalue weighted by Crippen LogP contribution is 2.12. The zero-order valence-corrected chi connectivity index (χ0v) is 10.3. The van der Waals surface area contributed by atoms with Gasteiger partial charge in [0.2, 0.25) is 0 Å². The number of carbonyl (C=O) groups is 3. The highest BCUT2D eigenvalue weighted by Gasteiger charge is 2.38. The van der Waals surface area contributed by atoms with Crippen molar-refractivity contribution >= 4 is 24.2 Å². The summed E-state index contributed by atoms with van der Waals surface area (Å²) in [5.41, 5.74) is -0.641. The van der Waals surface area contributed by atoms with Gasteiger partial charge in [0.05, 0.1) is 6.54 Å². The maximum Gasteiger partial charge on any atom is 0.408 e. The van der Waals surface area contributed by atoms with E-state index in [1.54, 1.807) is 20.8 Å². The molecule has 18 heavy (non-hydrogen) atoms. The molecule has 1 fully saturated rings. The first kappa shape index (κ1) is 13.9. The summed E-state index contributed by atoms with van der Waals surface area (Å²) in [6.07, 6.45) is -0.0792. The molecule has 8 heteroatoms. The molecule has 1 saturated heterocycles. The topological polar surface area (TPSA) is 108 Å². The molecule has 100 valence electrons. The summed E-state index contributed by atoms with van der Waals surface area (Å²) in [5.74, 6) is -1.72. The summed E-state index contributed by atoms with van der Waals surface area (Å²) >= 11 is 0. The van der Waals surface area contributed by atoms with E-state index in [-0.39, 0.29) is 6.54 Å². The Kier molecular flexibility index (Phi) is 3.89. The summed E-state index contributed by atoms with van der Waals surface area (Å²) in [5, 5.41) is 15.1. The molecule has 0 radical (unpaired) electrons. The maximum absolute atomic E-state index is 11.4. The molecule has 0 aliphatic carbocycles. The molecule has 8 nitrogen and oxygen atoms in total. The third-order valence-electron chi connectivity index (χ3n) is 1.91. The molecule has 0 aromatic heterocycles. The smallest absolute Gasteiger partial charge is 0.408 e. The molecule has 0 aromatic carbocycles. The Hall–Kier alpha value is -2.12. The fourth-order valence-corrected chi connectivity index (χ4v) is 1.19. The van der Waals surface area contributed by atoms with Gasteiger partial charge in [-0.3, -0.25) is 4.79 Å². The van der Waals surface area contributed by atoms with E-state index < -0.39 is 29.6 Å². The van der Waals surface area contributed by atoms with Crippen LogP contribution in [-0.4, -0.2) is 52.5 Å². The number of carbonyl (C=O) groups excluding carboxylic acids is 2. The summed E-state index contributed by atoms with van der Waals surface area (Å²) in [4.78, 5) is 33.0. The van der Waals surface area contributed by atoms with Crippen LogP contribution in [0.2, 0.25) is 0 Å². The van der Waals surface area contributed by atoms with Gasteiger partial charge in [-0.2, -0.15) is 5.10 Å². The molecule has 1 heterocycles. The largest absolute Gasteiger partial charge is 0.477 e. The third-order valence-corrected chi connectivity index (χ3v) is 1.91. The van der Waals surface area contributed by atoms with Crippen molar-refractivity contribution in [1.82, 2.24) is 10.3 Å². The van der Waals surface area contributed by atoms with Crippen LogP contribution in [0.3, 0.4) is 0 Å². The Morgan fingerprint density at radius 2 is 2.17 bits per heavy atom. The van der Waals surface area contributed by atoms with Crippen LogP contribution in [0.4, 0.5) is 4.79 Å². The van der Waals surface area contributed by atoms with E-state index in [4.69, 9.17) is 9.84 Å². The fraction of sp³-hybridized carbons (Fsp3) is 0.600. The maximum atomic E-state index is 11.4. The van der Waals surface area contributed by atoms with Crippen LogP contribution >= 0.6 is 0 Å². The van der Waals surface area contributed by atoms with Crippen molar-refractivity contribution in [2.75, 3.05) is 6.54 Å². The average Bonchev–Trinajstić information content (AvgIpc) is 2.18. The molecule has 0 aromatic rings. The second-order valence-electron chi connectivity index (χ2n) is 4.70. The summed E-state index contributed by atoms with van der Waals surface area (Å²) in [6, 6.07) is -0.717. The van der Waals surface area contributed by atoms with E-state index in [2.05, 4.69) is 10.4 Å². The number of carboxylic acid groups (broad SMARTS) is 1. The number of hydrogen-bond acceptors (Lipinski definition) is 5. The number of nitrogens with zero attached hydrogens (tertiary/aromatic N) is 2. The van der Waals surface area contributed by atoms with Crippen LogP contribution < -0.4 is 5.32 Å². The first-order valence-corrected chi connectivity index (χ1v) is 5.27. The molecule has 2 N–H and O–H groups in total. The number of ether oxygens (including phenoxy) is 1. The molecule has 0 spiro atoms. The third kappa shape index (κ3) is 4.04. The summed E-state index contributed by atoms with van der Waals surface area (Å²) < 4.78 is 4.97. The SMILES string of the molecule is CC(C)(C)OC(=O)N[C@H]1CN(N=CC(=O)O)C1=O. The molecular weight excluding hydrogens is 242 g/mol. The molecule has 1 atom stereocenters. The number of rotatable bonds is 3. The highest BCUT2D eigenvalue weighted by molar-refractivity contribution is 6.22. The van der Waals surface area contributed by atoms with Crippen LogP contribution in [0.15, 0.2) is 5.10 Å². The van der Waals surface area contributed by atoms with Crippen LogP contribution in [-0.2, 0) is 14.3 Å². The number of hydrogen-bond donors (Lipinski definition) is 2. The first-order chi connectivity index (χ1) is 8.19. The Morgan fingerprint density at radius 1 is 1.56 bits per heavy atom. The summed E-state index contributed by atoms with van der Waals surface area (Å²) in [6.45, 7) is 5.25. The molecule has 1 rings (SSSR count). The van der Waals surface area contributed by atoms with Gasteiger partial charge in [0.15, 0.2) is 0 Å². The van der Waals surface area contributed by atoms with E-state index in [0.717, 1.165) is 5.01 Å². The monoisotopic (exact) mass is 257 g/mol. The van der Waals surface area contributed by atoms with Gasteiger partial charge in [-0.15, -0.1) is 0 Å². The lowest BCUT2D eigenvalue weighted by molar-refractivity contribution is -0.143. The van der Waals surface area contributed by atoms with Gasteiger partial charge in [-0.25, -0.2) is 14.6 Å². The van der Waals surface area contributed by atoms with Crippen molar-refractivity contribution in [3.8, 4) is 0 Å². The standard InChI is InChI=1S/C10H15N3O5/c1-10(2,3)18-9(17)12-6-5-13(8(6)16)11-4-7(14)15/h4,6H,5H2,1-3H3,(H,12,17)(H,14,15)/t6-/m0/s1. The lowest BCUT2D eigenvalue weighted by Crippen LogP contribution is -2.62. The van der Waals surface area contributed by atoms with Crippen LogP contribution in [0.25, 0.3) is 0 Å². The Balaban J connectivity index is 2.39. The van der Waals surface area contributed by atoms with Crippen LogP contribution in [0.1, 0.15) is 20.8 Å². The van der Waals surface area contributed by atoms with E-state index in [9.17, 15) is 14.4 Å². The van der Waals surface area contributed by atoms with Crippen molar-refractivity contribution in [3.63, 3.8) is 0 Å². The molecule has 1 aliphatic rings. The van der Waals surface area contributed by atoms with Gasteiger partial charge in [-0.1, -0.05) is 0 Å². The molecular formula is C10H15N3O5. The van der Waals surface area contributed by atoms with Gasteiger partial charge >= 0.3 is 12.1 Å². The van der Waals surface area contributed by atoms with Gasteiger partial charge in [0, 0.05) is 0 Å². The van der Waals surface area contributed by atoms with E-state index >= 15 is 0 Å². The number of alkyl carbamates (subject to hydrolysis) is 1. The number of amides is 2. The van der Waals surface area contributed by atoms with E-state index in [1.165, 1.54) is 0 Å². The fourth-order valence-electron chi connectivity index (χ4n) is 1.19. The Morgan fingerprint density at radius 3 is 2.61 bits per heavy atom. The lowest BCUT2D eigenvalue weighted by Gasteiger charge is -2.34. The van der Waals surface area contributed by atoms with Crippen molar-refractivity contribution in [2.45, 2.75) is 32.4 Å². The van der Waals surface area contributed by atoms with Gasteiger partial charge in [-0.05, 0) is 20.8 Å². The van der Waals surface area contributed by atoms with Crippen molar-refractivity contribution in [2.24, 2.45) is 5.10 Å². The first-order valence-electron chi connectivity index (χ1n) is 5.27. The molecule has 0 saturated carbocycles. The quantitative estimate of drug-likeness (QED) is 0.537. The predicted molar refractivity (Wildman–Crippen MR) is 61.0 cm³/mol. The van der Waals surface area contributed by atoms with Gasteiger partial charge in [0.1, 0.15) is 17.9 Å².